The lowest BCUT2D eigenvalue weighted by atomic mass is 9.76. The minimum absolute atomic E-state index is 0.178. The number of aromatic nitrogens is 3. The van der Waals surface area contributed by atoms with E-state index in [9.17, 15) is 9.59 Å². The van der Waals surface area contributed by atoms with E-state index in [4.69, 9.17) is 4.74 Å². The van der Waals surface area contributed by atoms with Crippen LogP contribution in [0.25, 0.3) is 21.9 Å². The molecule has 2 aromatic heterocycles. The molecule has 3 atom stereocenters. The molecule has 0 aliphatic heterocycles. The Hall–Kier alpha value is -3.09. The molecular formula is C21H24N4O3. The van der Waals surface area contributed by atoms with Crippen LogP contribution in [0.2, 0.25) is 0 Å². The third-order valence-corrected chi connectivity index (χ3v) is 5.65. The number of ether oxygens (including phenoxy) is 1. The van der Waals surface area contributed by atoms with Crippen molar-refractivity contribution in [1.82, 2.24) is 14.6 Å². The summed E-state index contributed by atoms with van der Waals surface area (Å²) in [4.78, 5) is 31.4. The van der Waals surface area contributed by atoms with Crippen molar-refractivity contribution >= 4 is 28.2 Å². The third kappa shape index (κ3) is 2.96. The van der Waals surface area contributed by atoms with Crippen LogP contribution >= 0.6 is 0 Å². The van der Waals surface area contributed by atoms with Crippen LogP contribution in [0.5, 0.6) is 5.75 Å². The highest BCUT2D eigenvalue weighted by Crippen LogP contribution is 2.32. The molecule has 0 fully saturated rings. The molecular weight excluding hydrogens is 356 g/mol. The Morgan fingerprint density at radius 3 is 2.71 bits per heavy atom. The Bertz CT molecular complexity index is 1230. The van der Waals surface area contributed by atoms with Crippen molar-refractivity contribution in [2.24, 2.45) is 22.9 Å². The van der Waals surface area contributed by atoms with E-state index in [1.165, 1.54) is 5.57 Å². The van der Waals surface area contributed by atoms with Crippen LogP contribution in [0.15, 0.2) is 44.5 Å². The van der Waals surface area contributed by atoms with Crippen LogP contribution in [0.3, 0.4) is 0 Å². The number of benzene rings is 1. The van der Waals surface area contributed by atoms with Gasteiger partial charge in [0.05, 0.1) is 12.6 Å². The summed E-state index contributed by atoms with van der Waals surface area (Å²) in [6, 6.07) is 5.41. The number of nitrogens with zero attached hydrogens (tertiary/aromatic N) is 2. The number of fused-ring (bicyclic) bond motifs is 3. The smallest absolute Gasteiger partial charge is 0.350 e. The average molecular weight is 380 g/mol. The summed E-state index contributed by atoms with van der Waals surface area (Å²) < 4.78 is 6.14. The van der Waals surface area contributed by atoms with Gasteiger partial charge in [-0.15, -0.1) is 4.68 Å². The van der Waals surface area contributed by atoms with Gasteiger partial charge in [-0.25, -0.2) is 4.79 Å². The van der Waals surface area contributed by atoms with Crippen molar-refractivity contribution in [2.75, 3.05) is 7.11 Å². The molecule has 28 heavy (non-hydrogen) atoms. The first-order valence-corrected chi connectivity index (χ1v) is 9.45. The van der Waals surface area contributed by atoms with Crippen LogP contribution in [-0.4, -0.2) is 28.0 Å². The quantitative estimate of drug-likeness (QED) is 0.540. The van der Waals surface area contributed by atoms with Crippen molar-refractivity contribution < 1.29 is 4.74 Å². The number of H-pyrrole nitrogens is 2. The number of nitrogens with one attached hydrogen (secondary N) is 2. The molecule has 0 amide bonds. The van der Waals surface area contributed by atoms with E-state index < -0.39 is 11.2 Å². The maximum Gasteiger partial charge on any atom is 0.350 e. The van der Waals surface area contributed by atoms with E-state index in [1.54, 1.807) is 25.5 Å². The lowest BCUT2D eigenvalue weighted by Crippen LogP contribution is -2.33. The van der Waals surface area contributed by atoms with E-state index in [-0.39, 0.29) is 5.92 Å². The summed E-state index contributed by atoms with van der Waals surface area (Å²) in [5, 5.41) is 5.00. The van der Waals surface area contributed by atoms with Gasteiger partial charge in [-0.2, -0.15) is 5.10 Å². The Kier molecular flexibility index (Phi) is 4.45. The predicted octanol–water partition coefficient (Wildman–Crippen LogP) is 3.25. The summed E-state index contributed by atoms with van der Waals surface area (Å²) in [5.74, 6) is 1.55. The van der Waals surface area contributed by atoms with Crippen LogP contribution in [-0.2, 0) is 0 Å². The molecule has 0 unspecified atom stereocenters. The van der Waals surface area contributed by atoms with Crippen molar-refractivity contribution in [2.45, 2.75) is 27.2 Å². The molecule has 2 N–H and O–H groups in total. The lowest BCUT2D eigenvalue weighted by molar-refractivity contribution is 0.361. The molecule has 4 rings (SSSR count). The fourth-order valence-electron chi connectivity index (χ4n) is 4.27. The van der Waals surface area contributed by atoms with Gasteiger partial charge in [-0.1, -0.05) is 25.5 Å². The van der Waals surface area contributed by atoms with Gasteiger partial charge in [0.25, 0.3) is 0 Å². The third-order valence-electron chi connectivity index (χ3n) is 5.65. The highest BCUT2D eigenvalue weighted by molar-refractivity contribution is 6.04. The van der Waals surface area contributed by atoms with Crippen molar-refractivity contribution in [3.05, 3.63) is 50.7 Å². The summed E-state index contributed by atoms with van der Waals surface area (Å²) in [5.41, 5.74) is 1.89. The van der Waals surface area contributed by atoms with Gasteiger partial charge < -0.3 is 14.7 Å². The molecule has 0 saturated carbocycles. The zero-order chi connectivity index (χ0) is 20.0. The zero-order valence-electron chi connectivity index (χ0n) is 16.4. The van der Waals surface area contributed by atoms with Gasteiger partial charge in [-0.05, 0) is 43.4 Å². The molecule has 7 nitrogen and oxygen atoms in total. The Balaban J connectivity index is 1.81. The predicted molar refractivity (Wildman–Crippen MR) is 111 cm³/mol. The zero-order valence-corrected chi connectivity index (χ0v) is 16.4. The van der Waals surface area contributed by atoms with Gasteiger partial charge >= 0.3 is 11.2 Å². The molecule has 0 saturated heterocycles. The van der Waals surface area contributed by atoms with Gasteiger partial charge in [0.1, 0.15) is 11.3 Å². The normalized spacial score (nSPS) is 22.9. The molecule has 2 heterocycles. The second-order valence-electron chi connectivity index (χ2n) is 7.73. The highest BCUT2D eigenvalue weighted by atomic mass is 16.5. The molecule has 3 aromatic rings. The molecule has 146 valence electrons. The molecule has 0 radical (unpaired) electrons. The summed E-state index contributed by atoms with van der Waals surface area (Å²) in [6.07, 6.45) is 4.97. The van der Waals surface area contributed by atoms with Gasteiger partial charge in [0, 0.05) is 23.0 Å². The monoisotopic (exact) mass is 380 g/mol. The van der Waals surface area contributed by atoms with E-state index in [1.807, 2.05) is 6.07 Å². The molecule has 1 aliphatic carbocycles. The summed E-state index contributed by atoms with van der Waals surface area (Å²) >= 11 is 0. The minimum Gasteiger partial charge on any atom is -0.497 e. The molecule has 7 heteroatoms. The Labute approximate surface area is 161 Å². The van der Waals surface area contributed by atoms with Crippen LogP contribution in [0.4, 0.5) is 0 Å². The van der Waals surface area contributed by atoms with Crippen molar-refractivity contribution in [3.8, 4) is 5.75 Å². The van der Waals surface area contributed by atoms with E-state index in [0.29, 0.717) is 28.6 Å². The van der Waals surface area contributed by atoms with Crippen molar-refractivity contribution in [1.29, 1.82) is 0 Å². The first-order valence-electron chi connectivity index (χ1n) is 9.45. The minimum atomic E-state index is -0.555. The number of allylic oxidation sites excluding steroid dienone is 2. The molecule has 0 bridgehead atoms. The topological polar surface area (TPSA) is 92.2 Å². The SMILES string of the molecule is COc1ccc2[nH]c3c(=O)n(/N=C\[C@@H]4[C@H](C)CC(C)=C[C@@H]4C)c(=O)[nH]c3c2c1. The van der Waals surface area contributed by atoms with Gasteiger partial charge in [0.15, 0.2) is 0 Å². The Morgan fingerprint density at radius 1 is 1.21 bits per heavy atom. The number of methoxy groups -OCH3 is 1. The second-order valence-corrected chi connectivity index (χ2v) is 7.73. The van der Waals surface area contributed by atoms with E-state index >= 15 is 0 Å². The number of hydrogen-bond acceptors (Lipinski definition) is 4. The molecule has 1 aliphatic rings. The van der Waals surface area contributed by atoms with Crippen LogP contribution in [0.1, 0.15) is 27.2 Å². The Morgan fingerprint density at radius 2 is 2.00 bits per heavy atom. The molecule has 0 spiro atoms. The van der Waals surface area contributed by atoms with Gasteiger partial charge in [-0.3, -0.25) is 4.79 Å². The van der Waals surface area contributed by atoms with Crippen LogP contribution in [0, 0.1) is 17.8 Å². The fraction of sp³-hybridized carbons (Fsp3) is 0.381. The summed E-state index contributed by atoms with van der Waals surface area (Å²) in [7, 11) is 1.57. The maximum absolute atomic E-state index is 12.9. The fourth-order valence-corrected chi connectivity index (χ4v) is 4.27. The van der Waals surface area contributed by atoms with Crippen molar-refractivity contribution in [3.63, 3.8) is 0 Å². The standard InChI is InChI=1S/C21H24N4O3/c1-11-7-12(2)16(13(3)8-11)10-22-25-20(26)19-18(24-21(25)27)15-9-14(28-4)5-6-17(15)23-19/h5-7,9-10,12-13,16,23H,8H2,1-4H3,(H,24,27)/b22-10-/t12-,13+,16-/m0/s1. The van der Waals surface area contributed by atoms with E-state index in [2.05, 4.69) is 41.9 Å². The van der Waals surface area contributed by atoms with Gasteiger partial charge in [0.2, 0.25) is 0 Å². The highest BCUT2D eigenvalue weighted by Gasteiger charge is 2.25. The lowest BCUT2D eigenvalue weighted by Gasteiger charge is -2.29. The summed E-state index contributed by atoms with van der Waals surface area (Å²) in [6.45, 7) is 6.44. The first-order chi connectivity index (χ1) is 13.4. The molecule has 1 aromatic carbocycles. The maximum atomic E-state index is 12.9. The number of aromatic amines is 2. The second kappa shape index (κ2) is 6.82. The van der Waals surface area contributed by atoms with E-state index in [0.717, 1.165) is 22.0 Å². The number of rotatable bonds is 3. The first kappa shape index (κ1) is 18.3. The van der Waals surface area contributed by atoms with Crippen LogP contribution < -0.4 is 16.0 Å². The largest absolute Gasteiger partial charge is 0.497 e. The average Bonchev–Trinajstić information content (AvgIpc) is 3.01. The number of hydrogen-bond donors (Lipinski definition) is 2.